The number of ketones is 2. The zero-order valence-electron chi connectivity index (χ0n) is 7.69. The first kappa shape index (κ1) is 8.56. The molecule has 3 rings (SSSR count). The predicted octanol–water partition coefficient (Wildman–Crippen LogP) is 2.84. The molecule has 0 atom stereocenters. The lowest BCUT2D eigenvalue weighted by Gasteiger charge is -2.09. The van der Waals surface area contributed by atoms with Crippen LogP contribution in [0.3, 0.4) is 0 Å². The van der Waals surface area contributed by atoms with Crippen molar-refractivity contribution < 1.29 is 9.59 Å². The molecule has 0 unspecified atom stereocenters. The molecule has 0 aliphatic heterocycles. The summed E-state index contributed by atoms with van der Waals surface area (Å²) >= 11 is 1.58. The van der Waals surface area contributed by atoms with Crippen molar-refractivity contribution in [2.75, 3.05) is 0 Å². The second-order valence-corrected chi connectivity index (χ2v) is 4.33. The molecular weight excluding hydrogens is 208 g/mol. The largest absolute Gasteiger partial charge is 0.289 e. The highest BCUT2D eigenvalue weighted by Gasteiger charge is 2.21. The molecule has 0 fully saturated rings. The van der Waals surface area contributed by atoms with Crippen molar-refractivity contribution in [3.05, 3.63) is 46.9 Å². The molecule has 0 saturated heterocycles. The quantitative estimate of drug-likeness (QED) is 0.675. The van der Waals surface area contributed by atoms with Gasteiger partial charge in [-0.3, -0.25) is 9.59 Å². The smallest absolute Gasteiger partial charge is 0.187 e. The average molecular weight is 214 g/mol. The van der Waals surface area contributed by atoms with E-state index in [4.69, 9.17) is 0 Å². The molecular formula is C12H6O2S. The Kier molecular flexibility index (Phi) is 1.64. The van der Waals surface area contributed by atoms with Crippen molar-refractivity contribution >= 4 is 33.0 Å². The summed E-state index contributed by atoms with van der Waals surface area (Å²) in [5.41, 5.74) is 1.08. The summed E-state index contributed by atoms with van der Waals surface area (Å²) in [5, 5.41) is 2.82. The van der Waals surface area contributed by atoms with Crippen molar-refractivity contribution in [3.63, 3.8) is 0 Å². The third-order valence-corrected chi connectivity index (χ3v) is 3.42. The van der Waals surface area contributed by atoms with Crippen molar-refractivity contribution in [3.8, 4) is 0 Å². The molecule has 0 amide bonds. The van der Waals surface area contributed by atoms with Crippen LogP contribution in [0.2, 0.25) is 0 Å². The molecule has 72 valence electrons. The molecule has 1 aromatic carbocycles. The summed E-state index contributed by atoms with van der Waals surface area (Å²) in [6, 6.07) is 5.52. The van der Waals surface area contributed by atoms with Gasteiger partial charge < -0.3 is 0 Å². The summed E-state index contributed by atoms with van der Waals surface area (Å²) in [6.45, 7) is 0. The van der Waals surface area contributed by atoms with Crippen LogP contribution in [0.15, 0.2) is 35.7 Å². The molecule has 0 spiro atoms. The number of thiophene rings is 1. The topological polar surface area (TPSA) is 34.1 Å². The first-order valence-corrected chi connectivity index (χ1v) is 5.42. The Morgan fingerprint density at radius 1 is 0.933 bits per heavy atom. The van der Waals surface area contributed by atoms with Crippen LogP contribution in [0.1, 0.15) is 20.7 Å². The van der Waals surface area contributed by atoms with Gasteiger partial charge in [0.05, 0.1) is 0 Å². The lowest BCUT2D eigenvalue weighted by atomic mass is 9.92. The Hall–Kier alpha value is -1.74. The Balaban J connectivity index is 2.48. The van der Waals surface area contributed by atoms with Crippen LogP contribution in [0.4, 0.5) is 0 Å². The second-order valence-electron chi connectivity index (χ2n) is 3.38. The molecule has 1 aromatic heterocycles. The van der Waals surface area contributed by atoms with E-state index in [1.54, 1.807) is 17.4 Å². The highest BCUT2D eigenvalue weighted by Crippen LogP contribution is 2.29. The van der Waals surface area contributed by atoms with Gasteiger partial charge in [0.15, 0.2) is 11.6 Å². The van der Waals surface area contributed by atoms with E-state index in [1.807, 2.05) is 17.5 Å². The normalized spacial score (nSPS) is 14.7. The zero-order chi connectivity index (χ0) is 10.4. The lowest BCUT2D eigenvalue weighted by molar-refractivity contribution is 0.0995. The number of hydrogen-bond acceptors (Lipinski definition) is 3. The number of hydrogen-bond donors (Lipinski definition) is 0. The molecule has 0 saturated carbocycles. The summed E-state index contributed by atoms with van der Waals surface area (Å²) in [7, 11) is 0. The van der Waals surface area contributed by atoms with Crippen LogP contribution in [0.5, 0.6) is 0 Å². The molecule has 0 bridgehead atoms. The van der Waals surface area contributed by atoms with Crippen molar-refractivity contribution in [2.45, 2.75) is 0 Å². The van der Waals surface area contributed by atoms with Gasteiger partial charge in [-0.2, -0.15) is 0 Å². The Morgan fingerprint density at radius 2 is 1.73 bits per heavy atom. The van der Waals surface area contributed by atoms with E-state index < -0.39 is 0 Å². The van der Waals surface area contributed by atoms with E-state index in [2.05, 4.69) is 0 Å². The van der Waals surface area contributed by atoms with Crippen molar-refractivity contribution in [2.24, 2.45) is 0 Å². The molecule has 2 aromatic rings. The second kappa shape index (κ2) is 2.87. The Bertz CT molecular complexity index is 620. The first-order chi connectivity index (χ1) is 7.27. The molecule has 0 radical (unpaired) electrons. The van der Waals surface area contributed by atoms with Gasteiger partial charge in [-0.25, -0.2) is 0 Å². The number of carbonyl (C=O) groups is 2. The zero-order valence-corrected chi connectivity index (χ0v) is 8.51. The standard InChI is InChI=1S/C12H6O2S/c13-9-2-3-10(14)12-7(9)1-4-11-8(12)5-6-15-11/h1-6H. The van der Waals surface area contributed by atoms with Gasteiger partial charge >= 0.3 is 0 Å². The lowest BCUT2D eigenvalue weighted by Crippen LogP contribution is -2.11. The van der Waals surface area contributed by atoms with E-state index in [1.165, 1.54) is 12.2 Å². The summed E-state index contributed by atoms with van der Waals surface area (Å²) < 4.78 is 1.05. The van der Waals surface area contributed by atoms with Crippen molar-refractivity contribution in [1.29, 1.82) is 0 Å². The van der Waals surface area contributed by atoms with Crippen LogP contribution >= 0.6 is 11.3 Å². The van der Waals surface area contributed by atoms with Crippen LogP contribution in [0.25, 0.3) is 10.1 Å². The van der Waals surface area contributed by atoms with Crippen LogP contribution < -0.4 is 0 Å². The minimum absolute atomic E-state index is 0.0754. The number of rotatable bonds is 0. The van der Waals surface area contributed by atoms with Crippen LogP contribution in [-0.2, 0) is 0 Å². The summed E-state index contributed by atoms with van der Waals surface area (Å²) in [6.07, 6.45) is 2.69. The maximum absolute atomic E-state index is 11.7. The number of allylic oxidation sites excluding steroid dienone is 2. The number of carbonyl (C=O) groups excluding carboxylic acids is 2. The summed E-state index contributed by atoms with van der Waals surface area (Å²) in [5.74, 6) is -0.161. The van der Waals surface area contributed by atoms with Gasteiger partial charge in [-0.15, -0.1) is 11.3 Å². The fourth-order valence-corrected chi connectivity index (χ4v) is 2.63. The first-order valence-electron chi connectivity index (χ1n) is 4.54. The molecule has 1 heterocycles. The molecule has 15 heavy (non-hydrogen) atoms. The number of benzene rings is 1. The monoisotopic (exact) mass is 214 g/mol. The fraction of sp³-hybridized carbons (Fsp3) is 0. The maximum atomic E-state index is 11.7. The molecule has 0 N–H and O–H groups in total. The SMILES string of the molecule is O=C1C=CC(=O)c2c1ccc1sccc21. The maximum Gasteiger partial charge on any atom is 0.187 e. The average Bonchev–Trinajstić information content (AvgIpc) is 2.70. The van der Waals surface area contributed by atoms with Gasteiger partial charge in [0, 0.05) is 21.2 Å². The minimum atomic E-state index is -0.0855. The van der Waals surface area contributed by atoms with Gasteiger partial charge in [0.1, 0.15) is 0 Å². The van der Waals surface area contributed by atoms with Gasteiger partial charge in [0.25, 0.3) is 0 Å². The minimum Gasteiger partial charge on any atom is -0.289 e. The molecule has 1 aliphatic rings. The van der Waals surface area contributed by atoms with E-state index in [0.29, 0.717) is 11.1 Å². The van der Waals surface area contributed by atoms with E-state index in [0.717, 1.165) is 10.1 Å². The third kappa shape index (κ3) is 1.10. The van der Waals surface area contributed by atoms with Gasteiger partial charge in [-0.05, 0) is 35.7 Å². The predicted molar refractivity (Wildman–Crippen MR) is 59.6 cm³/mol. The molecule has 3 heteroatoms. The third-order valence-electron chi connectivity index (χ3n) is 2.53. The van der Waals surface area contributed by atoms with E-state index >= 15 is 0 Å². The highest BCUT2D eigenvalue weighted by molar-refractivity contribution is 7.17. The molecule has 2 nitrogen and oxygen atoms in total. The van der Waals surface area contributed by atoms with E-state index in [9.17, 15) is 9.59 Å². The van der Waals surface area contributed by atoms with Gasteiger partial charge in [0.2, 0.25) is 0 Å². The number of fused-ring (bicyclic) bond motifs is 3. The fourth-order valence-electron chi connectivity index (χ4n) is 1.84. The van der Waals surface area contributed by atoms with Crippen molar-refractivity contribution in [1.82, 2.24) is 0 Å². The highest BCUT2D eigenvalue weighted by atomic mass is 32.1. The van der Waals surface area contributed by atoms with Gasteiger partial charge in [-0.1, -0.05) is 0 Å². The van der Waals surface area contributed by atoms with E-state index in [-0.39, 0.29) is 11.6 Å². The summed E-state index contributed by atoms with van der Waals surface area (Å²) in [4.78, 5) is 23.3. The molecule has 1 aliphatic carbocycles. The van der Waals surface area contributed by atoms with Crippen LogP contribution in [0, 0.1) is 0 Å². The van der Waals surface area contributed by atoms with Crippen LogP contribution in [-0.4, -0.2) is 11.6 Å². The Labute approximate surface area is 89.8 Å². The Morgan fingerprint density at radius 3 is 2.60 bits per heavy atom.